The van der Waals surface area contributed by atoms with Crippen molar-refractivity contribution in [1.82, 2.24) is 20.4 Å². The Labute approximate surface area is 96.6 Å². The number of rotatable bonds is 3. The van der Waals surface area contributed by atoms with Crippen LogP contribution in [0.1, 0.15) is 11.7 Å². The lowest BCUT2D eigenvalue weighted by atomic mass is 10.0. The van der Waals surface area contributed by atoms with Crippen LogP contribution in [-0.4, -0.2) is 45.2 Å². The number of nitrogens with zero attached hydrogens (tertiary/aromatic N) is 3. The Morgan fingerprint density at radius 1 is 1.59 bits per heavy atom. The molecule has 2 rings (SSSR count). The summed E-state index contributed by atoms with van der Waals surface area (Å²) >= 11 is 0. The molecule has 0 aliphatic carbocycles. The van der Waals surface area contributed by atoms with Crippen molar-refractivity contribution in [3.05, 3.63) is 11.7 Å². The smallest absolute Gasteiger partial charge is 0.317 e. The Kier molecular flexibility index (Phi) is 2.94. The summed E-state index contributed by atoms with van der Waals surface area (Å²) in [5, 5.41) is 14.9. The Balaban J connectivity index is 1.74. The van der Waals surface area contributed by atoms with Crippen LogP contribution >= 0.6 is 0 Å². The molecule has 0 unspecified atom stereocenters. The lowest BCUT2D eigenvalue weighted by Gasteiger charge is -2.36. The van der Waals surface area contributed by atoms with E-state index in [1.807, 2.05) is 0 Å². The second kappa shape index (κ2) is 4.40. The zero-order chi connectivity index (χ0) is 12.4. The summed E-state index contributed by atoms with van der Waals surface area (Å²) < 4.78 is 4.74. The molecule has 1 aliphatic rings. The Hall–Kier alpha value is -2.12. The summed E-state index contributed by atoms with van der Waals surface area (Å²) in [4.78, 5) is 27.4. The van der Waals surface area contributed by atoms with Gasteiger partial charge in [0.05, 0.1) is 12.5 Å². The van der Waals surface area contributed by atoms with Crippen LogP contribution in [0.2, 0.25) is 0 Å². The van der Waals surface area contributed by atoms with Gasteiger partial charge in [0.25, 0.3) is 0 Å². The van der Waals surface area contributed by atoms with E-state index in [2.05, 4.69) is 15.5 Å². The first kappa shape index (κ1) is 11.4. The van der Waals surface area contributed by atoms with Crippen molar-refractivity contribution in [2.45, 2.75) is 13.5 Å². The van der Waals surface area contributed by atoms with E-state index in [0.29, 0.717) is 11.7 Å². The number of amides is 2. The average molecular weight is 240 g/mol. The number of aromatic nitrogens is 2. The molecule has 1 fully saturated rings. The van der Waals surface area contributed by atoms with Gasteiger partial charge < -0.3 is 19.8 Å². The second-order valence-corrected chi connectivity index (χ2v) is 3.83. The first-order chi connectivity index (χ1) is 8.06. The predicted molar refractivity (Wildman–Crippen MR) is 54.0 cm³/mol. The minimum atomic E-state index is -0.872. The number of urea groups is 1. The van der Waals surface area contributed by atoms with Crippen LogP contribution < -0.4 is 5.32 Å². The van der Waals surface area contributed by atoms with Gasteiger partial charge in [-0.1, -0.05) is 5.16 Å². The minimum Gasteiger partial charge on any atom is -0.481 e. The molecule has 0 spiro atoms. The van der Waals surface area contributed by atoms with Gasteiger partial charge in [-0.15, -0.1) is 0 Å². The molecule has 0 saturated carbocycles. The molecular weight excluding hydrogens is 228 g/mol. The van der Waals surface area contributed by atoms with Gasteiger partial charge in [0.2, 0.25) is 5.89 Å². The molecule has 2 heterocycles. The van der Waals surface area contributed by atoms with Crippen molar-refractivity contribution in [2.75, 3.05) is 13.1 Å². The quantitative estimate of drug-likeness (QED) is 0.744. The van der Waals surface area contributed by atoms with E-state index in [-0.39, 0.29) is 25.7 Å². The molecule has 2 N–H and O–H groups in total. The van der Waals surface area contributed by atoms with E-state index in [9.17, 15) is 9.59 Å². The third-order valence-electron chi connectivity index (χ3n) is 2.49. The van der Waals surface area contributed by atoms with Crippen LogP contribution in [0.3, 0.4) is 0 Å². The van der Waals surface area contributed by atoms with Crippen molar-refractivity contribution >= 4 is 12.0 Å². The number of nitrogens with one attached hydrogen (secondary N) is 1. The molecule has 17 heavy (non-hydrogen) atoms. The summed E-state index contributed by atoms with van der Waals surface area (Å²) in [6.07, 6.45) is 0. The van der Waals surface area contributed by atoms with E-state index >= 15 is 0 Å². The molecule has 0 atom stereocenters. The van der Waals surface area contributed by atoms with Crippen LogP contribution in [0.15, 0.2) is 4.52 Å². The zero-order valence-corrected chi connectivity index (χ0v) is 9.21. The summed E-state index contributed by atoms with van der Waals surface area (Å²) in [6.45, 7) is 2.31. The molecule has 0 aromatic carbocycles. The number of carboxylic acids is 1. The van der Waals surface area contributed by atoms with Crippen molar-refractivity contribution < 1.29 is 19.2 Å². The number of hydrogen-bond donors (Lipinski definition) is 2. The molecule has 8 nitrogen and oxygen atoms in total. The van der Waals surface area contributed by atoms with Crippen LogP contribution in [-0.2, 0) is 11.3 Å². The van der Waals surface area contributed by atoms with Gasteiger partial charge in [0.15, 0.2) is 5.82 Å². The van der Waals surface area contributed by atoms with Gasteiger partial charge in [-0.2, -0.15) is 4.98 Å². The van der Waals surface area contributed by atoms with Crippen molar-refractivity contribution in [3.63, 3.8) is 0 Å². The van der Waals surface area contributed by atoms with Crippen LogP contribution in [0.4, 0.5) is 4.79 Å². The van der Waals surface area contributed by atoms with Crippen molar-refractivity contribution in [3.8, 4) is 0 Å². The SMILES string of the molecule is Cc1nc(CNC(=O)N2CC(C(=O)O)C2)no1. The topological polar surface area (TPSA) is 109 Å². The van der Waals surface area contributed by atoms with Gasteiger partial charge in [-0.25, -0.2) is 4.79 Å². The number of carboxylic acid groups (broad SMARTS) is 1. The van der Waals surface area contributed by atoms with Gasteiger partial charge in [-0.05, 0) is 0 Å². The van der Waals surface area contributed by atoms with Gasteiger partial charge >= 0.3 is 12.0 Å². The van der Waals surface area contributed by atoms with E-state index in [4.69, 9.17) is 9.63 Å². The highest BCUT2D eigenvalue weighted by molar-refractivity contribution is 5.79. The maximum absolute atomic E-state index is 11.5. The second-order valence-electron chi connectivity index (χ2n) is 3.83. The summed E-state index contributed by atoms with van der Waals surface area (Å²) in [7, 11) is 0. The summed E-state index contributed by atoms with van der Waals surface area (Å²) in [6, 6.07) is -0.315. The number of aryl methyl sites for hydroxylation is 1. The van der Waals surface area contributed by atoms with Gasteiger partial charge in [0, 0.05) is 20.0 Å². The third kappa shape index (κ3) is 2.52. The highest BCUT2D eigenvalue weighted by Crippen LogP contribution is 2.15. The molecule has 1 saturated heterocycles. The maximum Gasteiger partial charge on any atom is 0.317 e. The van der Waals surface area contributed by atoms with Crippen LogP contribution in [0.5, 0.6) is 0 Å². The third-order valence-corrected chi connectivity index (χ3v) is 2.49. The molecule has 2 amide bonds. The molecule has 0 radical (unpaired) electrons. The molecule has 1 aromatic rings. The largest absolute Gasteiger partial charge is 0.481 e. The maximum atomic E-state index is 11.5. The first-order valence-electron chi connectivity index (χ1n) is 5.11. The summed E-state index contributed by atoms with van der Waals surface area (Å²) in [5.74, 6) is -0.494. The highest BCUT2D eigenvalue weighted by Gasteiger charge is 2.35. The average Bonchev–Trinajstić information content (AvgIpc) is 2.58. The fraction of sp³-hybridized carbons (Fsp3) is 0.556. The Morgan fingerprint density at radius 3 is 2.82 bits per heavy atom. The van der Waals surface area contributed by atoms with Crippen molar-refractivity contribution in [1.29, 1.82) is 0 Å². The fourth-order valence-electron chi connectivity index (χ4n) is 1.48. The van der Waals surface area contributed by atoms with Crippen LogP contribution in [0.25, 0.3) is 0 Å². The minimum absolute atomic E-state index is 0.171. The lowest BCUT2D eigenvalue weighted by molar-refractivity contribution is -0.146. The first-order valence-corrected chi connectivity index (χ1v) is 5.11. The lowest BCUT2D eigenvalue weighted by Crippen LogP contribution is -2.56. The number of aliphatic carboxylic acids is 1. The van der Waals surface area contributed by atoms with E-state index in [1.165, 1.54) is 4.90 Å². The van der Waals surface area contributed by atoms with Crippen molar-refractivity contribution in [2.24, 2.45) is 5.92 Å². The van der Waals surface area contributed by atoms with E-state index in [1.54, 1.807) is 6.92 Å². The molecule has 92 valence electrons. The molecule has 0 bridgehead atoms. The summed E-state index contributed by atoms with van der Waals surface area (Å²) in [5.41, 5.74) is 0. The number of likely N-dealkylation sites (tertiary alicyclic amines) is 1. The van der Waals surface area contributed by atoms with E-state index in [0.717, 1.165) is 0 Å². The molecular formula is C9H12N4O4. The van der Waals surface area contributed by atoms with E-state index < -0.39 is 11.9 Å². The molecule has 8 heteroatoms. The normalized spacial score (nSPS) is 15.5. The van der Waals surface area contributed by atoms with Gasteiger partial charge in [-0.3, -0.25) is 4.79 Å². The Bertz CT molecular complexity index is 438. The molecule has 1 aromatic heterocycles. The van der Waals surface area contributed by atoms with Gasteiger partial charge in [0.1, 0.15) is 0 Å². The Morgan fingerprint density at radius 2 is 2.29 bits per heavy atom. The number of carbonyl (C=O) groups excluding carboxylic acids is 1. The van der Waals surface area contributed by atoms with Crippen LogP contribution in [0, 0.1) is 12.8 Å². The highest BCUT2D eigenvalue weighted by atomic mass is 16.5. The fourth-order valence-corrected chi connectivity index (χ4v) is 1.48. The standard InChI is InChI=1S/C9H12N4O4/c1-5-11-7(12-17-5)2-10-9(16)13-3-6(4-13)8(14)15/h6H,2-4H2,1H3,(H,10,16)(H,14,15). The monoisotopic (exact) mass is 240 g/mol. The molecule has 1 aliphatic heterocycles. The number of carbonyl (C=O) groups is 2. The number of hydrogen-bond acceptors (Lipinski definition) is 5. The predicted octanol–water partition coefficient (Wildman–Crippen LogP) is -0.396. The zero-order valence-electron chi connectivity index (χ0n) is 9.21.